The lowest BCUT2D eigenvalue weighted by atomic mass is 10.0. The highest BCUT2D eigenvalue weighted by molar-refractivity contribution is 6.31. The fourth-order valence-corrected chi connectivity index (χ4v) is 2.83. The second-order valence-electron chi connectivity index (χ2n) is 5.31. The lowest BCUT2D eigenvalue weighted by Crippen LogP contribution is -1.91. The van der Waals surface area contributed by atoms with Gasteiger partial charge in [0.05, 0.1) is 0 Å². The summed E-state index contributed by atoms with van der Waals surface area (Å²) in [5, 5.41) is 2.43. The molecule has 113 valence electrons. The molecule has 0 spiro atoms. The zero-order chi connectivity index (χ0) is 16.0. The van der Waals surface area contributed by atoms with Crippen LogP contribution in [0.4, 0.5) is 8.78 Å². The fraction of sp³-hybridized carbons (Fsp3) is 0. The molecular weight excluding hydrogens is 318 g/mol. The maximum Gasteiger partial charge on any atom is 0.135 e. The first kappa shape index (κ1) is 14.2. The summed E-state index contributed by atoms with van der Waals surface area (Å²) in [6.07, 6.45) is 1.66. The molecule has 0 amide bonds. The van der Waals surface area contributed by atoms with Crippen LogP contribution in [0.1, 0.15) is 11.1 Å². The van der Waals surface area contributed by atoms with E-state index in [0.29, 0.717) is 10.6 Å². The number of benzene rings is 3. The van der Waals surface area contributed by atoms with Gasteiger partial charge in [0, 0.05) is 28.3 Å². The molecule has 23 heavy (non-hydrogen) atoms. The Morgan fingerprint density at radius 1 is 0.826 bits per heavy atom. The van der Waals surface area contributed by atoms with Crippen molar-refractivity contribution in [2.75, 3.05) is 0 Å². The molecule has 4 rings (SSSR count). The molecule has 1 nitrogen and oxygen atoms in total. The topological polar surface area (TPSA) is 13.1 Å². The normalized spacial score (nSPS) is 11.4. The molecule has 0 bridgehead atoms. The molecule has 0 atom stereocenters. The van der Waals surface area contributed by atoms with Crippen LogP contribution in [0.3, 0.4) is 0 Å². The maximum absolute atomic E-state index is 13.8. The van der Waals surface area contributed by atoms with Crippen LogP contribution in [0, 0.1) is 18.1 Å². The van der Waals surface area contributed by atoms with Gasteiger partial charge in [-0.25, -0.2) is 8.78 Å². The molecule has 0 unspecified atom stereocenters. The van der Waals surface area contributed by atoms with Gasteiger partial charge in [-0.15, -0.1) is 0 Å². The van der Waals surface area contributed by atoms with Gasteiger partial charge in [0.25, 0.3) is 0 Å². The lowest BCUT2D eigenvalue weighted by Gasteiger charge is -2.03. The summed E-state index contributed by atoms with van der Waals surface area (Å²) < 4.78 is 32.5. The molecule has 4 aromatic rings. The second kappa shape index (κ2) is 5.36. The van der Waals surface area contributed by atoms with Gasteiger partial charge in [-0.1, -0.05) is 23.7 Å². The van der Waals surface area contributed by atoms with Crippen molar-refractivity contribution >= 4 is 33.5 Å². The van der Waals surface area contributed by atoms with Gasteiger partial charge in [-0.2, -0.15) is 0 Å². The highest BCUT2D eigenvalue weighted by Gasteiger charge is 2.10. The highest BCUT2D eigenvalue weighted by atomic mass is 35.5. The lowest BCUT2D eigenvalue weighted by molar-refractivity contribution is 0.579. The van der Waals surface area contributed by atoms with Gasteiger partial charge in [0.2, 0.25) is 0 Å². The zero-order valence-corrected chi connectivity index (χ0v) is 12.6. The van der Waals surface area contributed by atoms with Crippen LogP contribution in [0.5, 0.6) is 0 Å². The Morgan fingerprint density at radius 3 is 2.35 bits per heavy atom. The van der Waals surface area contributed by atoms with Gasteiger partial charge >= 0.3 is 0 Å². The molecule has 0 saturated heterocycles. The number of fused-ring (bicyclic) bond motifs is 3. The minimum Gasteiger partial charge on any atom is -0.456 e. The first-order valence-corrected chi connectivity index (χ1v) is 7.39. The molecule has 3 aromatic carbocycles. The Hall–Kier alpha value is -2.39. The van der Waals surface area contributed by atoms with Gasteiger partial charge in [-0.3, -0.25) is 0 Å². The molecule has 0 aliphatic rings. The first-order chi connectivity index (χ1) is 11.1. The van der Waals surface area contributed by atoms with E-state index in [1.807, 2.05) is 30.3 Å². The first-order valence-electron chi connectivity index (χ1n) is 7.02. The van der Waals surface area contributed by atoms with E-state index in [9.17, 15) is 8.78 Å². The van der Waals surface area contributed by atoms with E-state index in [1.54, 1.807) is 12.5 Å². The van der Waals surface area contributed by atoms with Crippen molar-refractivity contribution in [3.05, 3.63) is 88.8 Å². The van der Waals surface area contributed by atoms with Crippen LogP contribution in [-0.2, 0) is 0 Å². The third kappa shape index (κ3) is 2.57. The largest absolute Gasteiger partial charge is 0.456 e. The summed E-state index contributed by atoms with van der Waals surface area (Å²) in [6, 6.07) is 14.5. The standard InChI is InChI=1S/C19H10ClF2O/c20-13-3-6-19-16(9-13)15-8-11(1-5-18(15)23-19)7-12-2-4-14(21)10-17(12)22/h1-10H. The van der Waals surface area contributed by atoms with Crippen LogP contribution in [0.2, 0.25) is 5.02 Å². The van der Waals surface area contributed by atoms with Crippen LogP contribution in [0.15, 0.2) is 59.0 Å². The summed E-state index contributed by atoms with van der Waals surface area (Å²) in [5.74, 6) is -1.18. The molecular formula is C19H10ClF2O. The Kier molecular flexibility index (Phi) is 3.31. The average molecular weight is 328 g/mol. The van der Waals surface area contributed by atoms with E-state index >= 15 is 0 Å². The predicted octanol–water partition coefficient (Wildman–Crippen LogP) is 6.12. The number of hydrogen-bond acceptors (Lipinski definition) is 1. The van der Waals surface area contributed by atoms with Gasteiger partial charge in [0.15, 0.2) is 0 Å². The number of hydrogen-bond donors (Lipinski definition) is 0. The van der Waals surface area contributed by atoms with Crippen molar-refractivity contribution in [1.29, 1.82) is 0 Å². The fourth-order valence-electron chi connectivity index (χ4n) is 2.66. The van der Waals surface area contributed by atoms with Gasteiger partial charge in [0.1, 0.15) is 22.8 Å². The van der Waals surface area contributed by atoms with E-state index in [2.05, 4.69) is 0 Å². The monoisotopic (exact) mass is 327 g/mol. The summed E-state index contributed by atoms with van der Waals surface area (Å²) in [4.78, 5) is 0. The molecule has 0 aliphatic carbocycles. The minimum absolute atomic E-state index is 0.330. The Morgan fingerprint density at radius 2 is 1.57 bits per heavy atom. The molecule has 1 radical (unpaired) electrons. The Balaban J connectivity index is 1.81. The summed E-state index contributed by atoms with van der Waals surface area (Å²) >= 11 is 6.05. The molecule has 0 saturated carbocycles. The number of halogens is 3. The van der Waals surface area contributed by atoms with Crippen molar-refractivity contribution in [3.8, 4) is 0 Å². The third-order valence-corrected chi connectivity index (χ3v) is 3.98. The minimum atomic E-state index is -0.592. The smallest absolute Gasteiger partial charge is 0.135 e. The molecule has 0 fully saturated rings. The summed E-state index contributed by atoms with van der Waals surface area (Å²) in [7, 11) is 0. The molecule has 1 heterocycles. The molecule has 4 heteroatoms. The van der Waals surface area contributed by atoms with Crippen LogP contribution in [0.25, 0.3) is 21.9 Å². The molecule has 0 N–H and O–H groups in total. The molecule has 0 aliphatic heterocycles. The van der Waals surface area contributed by atoms with Crippen LogP contribution >= 0.6 is 11.6 Å². The highest BCUT2D eigenvalue weighted by Crippen LogP contribution is 2.32. The Labute approximate surface area is 136 Å². The SMILES string of the molecule is Fc1ccc([CH]c2ccc3oc4ccc(Cl)cc4c3c2)c(F)c1. The van der Waals surface area contributed by atoms with Crippen molar-refractivity contribution in [2.45, 2.75) is 0 Å². The van der Waals surface area contributed by atoms with E-state index in [-0.39, 0.29) is 0 Å². The summed E-state index contributed by atoms with van der Waals surface area (Å²) in [5.41, 5.74) is 2.61. The maximum atomic E-state index is 13.8. The third-order valence-electron chi connectivity index (χ3n) is 3.74. The average Bonchev–Trinajstić information content (AvgIpc) is 2.87. The van der Waals surface area contributed by atoms with Crippen molar-refractivity contribution in [3.63, 3.8) is 0 Å². The molecule has 1 aromatic heterocycles. The van der Waals surface area contributed by atoms with Crippen LogP contribution < -0.4 is 0 Å². The van der Waals surface area contributed by atoms with E-state index in [1.165, 1.54) is 12.1 Å². The van der Waals surface area contributed by atoms with Crippen molar-refractivity contribution < 1.29 is 13.2 Å². The van der Waals surface area contributed by atoms with Crippen molar-refractivity contribution in [1.82, 2.24) is 0 Å². The van der Waals surface area contributed by atoms with Gasteiger partial charge in [-0.05, 0) is 47.5 Å². The van der Waals surface area contributed by atoms with Gasteiger partial charge < -0.3 is 4.42 Å². The quantitative estimate of drug-likeness (QED) is 0.432. The van der Waals surface area contributed by atoms with Crippen LogP contribution in [-0.4, -0.2) is 0 Å². The Bertz CT molecular complexity index is 1040. The second-order valence-corrected chi connectivity index (χ2v) is 5.74. The zero-order valence-electron chi connectivity index (χ0n) is 11.8. The number of rotatable bonds is 2. The van der Waals surface area contributed by atoms with E-state index in [4.69, 9.17) is 16.0 Å². The number of furan rings is 1. The van der Waals surface area contributed by atoms with E-state index < -0.39 is 11.6 Å². The summed E-state index contributed by atoms with van der Waals surface area (Å²) in [6.45, 7) is 0. The van der Waals surface area contributed by atoms with Crippen molar-refractivity contribution in [2.24, 2.45) is 0 Å². The van der Waals surface area contributed by atoms with E-state index in [0.717, 1.165) is 33.6 Å². The predicted molar refractivity (Wildman–Crippen MR) is 87.6 cm³/mol.